The molecule has 5 rings (SSSR count). The van der Waals surface area contributed by atoms with E-state index in [4.69, 9.17) is 9.72 Å². The third-order valence-electron chi connectivity index (χ3n) is 8.39. The van der Waals surface area contributed by atoms with Crippen LogP contribution in [0.5, 0.6) is 0 Å². The predicted molar refractivity (Wildman–Crippen MR) is 148 cm³/mol. The van der Waals surface area contributed by atoms with Gasteiger partial charge >= 0.3 is 0 Å². The maximum atomic E-state index is 11.7. The van der Waals surface area contributed by atoms with Gasteiger partial charge in [0.2, 0.25) is 12.4 Å². The van der Waals surface area contributed by atoms with E-state index in [9.17, 15) is 4.79 Å². The van der Waals surface area contributed by atoms with Crippen LogP contribution in [0.1, 0.15) is 31.2 Å². The molecule has 196 valence electrons. The van der Waals surface area contributed by atoms with Crippen LogP contribution in [0.2, 0.25) is 0 Å². The Morgan fingerprint density at radius 2 is 1.76 bits per heavy atom. The molecule has 37 heavy (non-hydrogen) atoms. The molecule has 1 N–H and O–H groups in total. The van der Waals surface area contributed by atoms with Gasteiger partial charge in [0.15, 0.2) is 0 Å². The van der Waals surface area contributed by atoms with Crippen molar-refractivity contribution in [2.75, 3.05) is 63.8 Å². The molecule has 1 saturated carbocycles. The van der Waals surface area contributed by atoms with Gasteiger partial charge in [0, 0.05) is 49.5 Å². The van der Waals surface area contributed by atoms with Crippen molar-refractivity contribution in [1.29, 1.82) is 0 Å². The quantitative estimate of drug-likeness (QED) is 0.473. The molecule has 1 aliphatic carbocycles. The van der Waals surface area contributed by atoms with Crippen molar-refractivity contribution in [2.45, 2.75) is 36.8 Å². The smallest absolute Gasteiger partial charge is 0.226 e. The lowest BCUT2D eigenvalue weighted by Crippen LogP contribution is -2.58. The zero-order valence-electron chi connectivity index (χ0n) is 22.2. The first kappa shape index (κ1) is 25.4. The van der Waals surface area contributed by atoms with Crippen LogP contribution in [0, 0.1) is 0 Å². The van der Waals surface area contributed by atoms with Crippen molar-refractivity contribution in [2.24, 2.45) is 0 Å². The first-order valence-electron chi connectivity index (χ1n) is 13.2. The van der Waals surface area contributed by atoms with Crippen molar-refractivity contribution in [3.63, 3.8) is 0 Å². The highest BCUT2D eigenvalue weighted by atomic mass is 16.5. The molecule has 0 unspecified atom stereocenters. The van der Waals surface area contributed by atoms with Gasteiger partial charge in [-0.25, -0.2) is 9.97 Å². The normalized spacial score (nSPS) is 24.3. The third-order valence-corrected chi connectivity index (χ3v) is 8.39. The minimum Gasteiger partial charge on any atom is -0.378 e. The number of amides is 1. The Hall–Kier alpha value is -3.23. The van der Waals surface area contributed by atoms with Crippen molar-refractivity contribution < 1.29 is 9.53 Å². The summed E-state index contributed by atoms with van der Waals surface area (Å²) in [6.45, 7) is 3.79. The van der Waals surface area contributed by atoms with E-state index in [-0.39, 0.29) is 11.1 Å². The SMILES string of the molecule is CN(CC1(NC=O)CCC(c2ccccc2)(N(C)C)CC1)c1ccc2nc(N3CCOCC3)ncc2c1. The Labute approximate surface area is 219 Å². The molecule has 1 aromatic heterocycles. The first-order valence-corrected chi connectivity index (χ1v) is 13.2. The topological polar surface area (TPSA) is 73.8 Å². The van der Waals surface area contributed by atoms with Gasteiger partial charge in [0.25, 0.3) is 0 Å². The number of carbonyl (C=O) groups excluding carboxylic acids is 1. The number of benzene rings is 2. The fourth-order valence-electron chi connectivity index (χ4n) is 6.07. The molecule has 8 heteroatoms. The van der Waals surface area contributed by atoms with Gasteiger partial charge in [-0.3, -0.25) is 9.69 Å². The van der Waals surface area contributed by atoms with Gasteiger partial charge in [-0.15, -0.1) is 0 Å². The van der Waals surface area contributed by atoms with E-state index in [2.05, 4.69) is 94.7 Å². The van der Waals surface area contributed by atoms with Gasteiger partial charge in [-0.05, 0) is 63.5 Å². The molecule has 0 radical (unpaired) electrons. The maximum absolute atomic E-state index is 11.7. The summed E-state index contributed by atoms with van der Waals surface area (Å²) >= 11 is 0. The summed E-state index contributed by atoms with van der Waals surface area (Å²) in [4.78, 5) is 27.9. The molecule has 8 nitrogen and oxygen atoms in total. The highest BCUT2D eigenvalue weighted by Crippen LogP contribution is 2.45. The van der Waals surface area contributed by atoms with E-state index in [0.29, 0.717) is 13.2 Å². The minimum atomic E-state index is -0.281. The number of hydrogen-bond donors (Lipinski definition) is 1. The Bertz CT molecular complexity index is 1200. The Morgan fingerprint density at radius 1 is 1.03 bits per heavy atom. The summed E-state index contributed by atoms with van der Waals surface area (Å²) in [5.41, 5.74) is 3.07. The van der Waals surface area contributed by atoms with Crippen LogP contribution in [0.3, 0.4) is 0 Å². The summed E-state index contributed by atoms with van der Waals surface area (Å²) in [7, 11) is 6.44. The molecule has 2 aromatic carbocycles. The molecular formula is C29H38N6O2. The van der Waals surface area contributed by atoms with Gasteiger partial charge in [-0.1, -0.05) is 30.3 Å². The standard InChI is InChI=1S/C29H38N6O2/c1-33(2)29(24-7-5-4-6-8-24)13-11-28(12-14-29,31-22-36)21-34(3)25-9-10-26-23(19-25)20-30-27(32-26)35-15-17-37-18-16-35/h4-10,19-20,22H,11-18,21H2,1-3H3,(H,31,36). The number of ether oxygens (including phenoxy) is 1. The molecule has 3 aromatic rings. The predicted octanol–water partition coefficient (Wildman–Crippen LogP) is 3.42. The molecule has 2 fully saturated rings. The van der Waals surface area contributed by atoms with Gasteiger partial charge in [0.1, 0.15) is 0 Å². The number of carbonyl (C=O) groups is 1. The molecule has 0 bridgehead atoms. The maximum Gasteiger partial charge on any atom is 0.226 e. The number of hydrogen-bond acceptors (Lipinski definition) is 7. The molecule has 1 amide bonds. The average Bonchev–Trinajstić information content (AvgIpc) is 2.94. The Balaban J connectivity index is 1.33. The molecule has 2 aliphatic rings. The van der Waals surface area contributed by atoms with E-state index in [1.54, 1.807) is 0 Å². The number of likely N-dealkylation sites (N-methyl/N-ethyl adjacent to an activating group) is 1. The van der Waals surface area contributed by atoms with Crippen LogP contribution in [-0.2, 0) is 15.1 Å². The van der Waals surface area contributed by atoms with Crippen LogP contribution in [-0.4, -0.2) is 80.8 Å². The molecule has 1 aliphatic heterocycles. The summed E-state index contributed by atoms with van der Waals surface area (Å²) in [5, 5.41) is 4.24. The summed E-state index contributed by atoms with van der Waals surface area (Å²) < 4.78 is 5.45. The number of morpholine rings is 1. The summed E-state index contributed by atoms with van der Waals surface area (Å²) in [5.74, 6) is 0.760. The summed E-state index contributed by atoms with van der Waals surface area (Å²) in [6, 6.07) is 17.1. The fraction of sp³-hybridized carbons (Fsp3) is 0.483. The van der Waals surface area contributed by atoms with E-state index in [1.807, 2.05) is 6.20 Å². The monoisotopic (exact) mass is 502 g/mol. The van der Waals surface area contributed by atoms with Crippen molar-refractivity contribution in [3.05, 3.63) is 60.3 Å². The van der Waals surface area contributed by atoms with Gasteiger partial charge in [0.05, 0.1) is 24.3 Å². The molecule has 0 atom stereocenters. The molecule has 1 saturated heterocycles. The largest absolute Gasteiger partial charge is 0.378 e. The number of aromatic nitrogens is 2. The Kier molecular flexibility index (Phi) is 7.31. The van der Waals surface area contributed by atoms with Gasteiger partial charge < -0.3 is 19.9 Å². The highest BCUT2D eigenvalue weighted by molar-refractivity contribution is 5.82. The van der Waals surface area contributed by atoms with Crippen LogP contribution < -0.4 is 15.1 Å². The first-order chi connectivity index (χ1) is 17.9. The average molecular weight is 503 g/mol. The number of nitrogens with zero attached hydrogens (tertiary/aromatic N) is 5. The second-order valence-corrected chi connectivity index (χ2v) is 10.7. The van der Waals surface area contributed by atoms with E-state index >= 15 is 0 Å². The molecular weight excluding hydrogens is 464 g/mol. The summed E-state index contributed by atoms with van der Waals surface area (Å²) in [6.07, 6.45) is 6.56. The van der Waals surface area contributed by atoms with Crippen LogP contribution in [0.4, 0.5) is 11.6 Å². The molecule has 0 spiro atoms. The van der Waals surface area contributed by atoms with Gasteiger partial charge in [-0.2, -0.15) is 0 Å². The second-order valence-electron chi connectivity index (χ2n) is 10.7. The number of rotatable bonds is 8. The van der Waals surface area contributed by atoms with Crippen molar-refractivity contribution in [1.82, 2.24) is 20.2 Å². The van der Waals surface area contributed by atoms with Crippen molar-refractivity contribution in [3.8, 4) is 0 Å². The third kappa shape index (κ3) is 5.13. The zero-order valence-corrected chi connectivity index (χ0v) is 22.2. The van der Waals surface area contributed by atoms with E-state index in [1.165, 1.54) is 5.56 Å². The minimum absolute atomic E-state index is 0.0215. The van der Waals surface area contributed by atoms with Crippen LogP contribution in [0.15, 0.2) is 54.7 Å². The van der Waals surface area contributed by atoms with Crippen molar-refractivity contribution >= 4 is 28.9 Å². The number of anilines is 2. The van der Waals surface area contributed by atoms with Crippen LogP contribution in [0.25, 0.3) is 10.9 Å². The highest BCUT2D eigenvalue weighted by Gasteiger charge is 2.45. The lowest BCUT2D eigenvalue weighted by Gasteiger charge is -2.51. The Morgan fingerprint density at radius 3 is 2.43 bits per heavy atom. The number of nitrogens with one attached hydrogen (secondary N) is 1. The lowest BCUT2D eigenvalue weighted by molar-refractivity contribution is -0.112. The lowest BCUT2D eigenvalue weighted by atomic mass is 9.68. The molecule has 2 heterocycles. The zero-order chi connectivity index (χ0) is 25.9. The second kappa shape index (κ2) is 10.6. The number of fused-ring (bicyclic) bond motifs is 1. The van der Waals surface area contributed by atoms with E-state index in [0.717, 1.165) is 74.3 Å². The fourth-order valence-corrected chi connectivity index (χ4v) is 6.07. The van der Waals surface area contributed by atoms with E-state index < -0.39 is 0 Å². The van der Waals surface area contributed by atoms with Crippen LogP contribution >= 0.6 is 0 Å².